The van der Waals surface area contributed by atoms with Crippen LogP contribution in [0.3, 0.4) is 0 Å². The molecule has 9 heteroatoms. The van der Waals surface area contributed by atoms with Crippen LogP contribution in [0.25, 0.3) is 0 Å². The Balaban J connectivity index is 1.35. The predicted molar refractivity (Wildman–Crippen MR) is 111 cm³/mol. The third-order valence-electron chi connectivity index (χ3n) is 5.76. The highest BCUT2D eigenvalue weighted by Crippen LogP contribution is 2.27. The molecule has 0 saturated carbocycles. The number of aliphatic carboxylic acids is 1. The topological polar surface area (TPSA) is 104 Å². The second-order valence-electron chi connectivity index (χ2n) is 7.94. The first-order valence-electron chi connectivity index (χ1n) is 10.5. The lowest BCUT2D eigenvalue weighted by atomic mass is 10.1. The summed E-state index contributed by atoms with van der Waals surface area (Å²) in [6.45, 7) is 2.70. The second kappa shape index (κ2) is 8.73. The summed E-state index contributed by atoms with van der Waals surface area (Å²) in [6.07, 6.45) is 5.45. The van der Waals surface area contributed by atoms with Crippen molar-refractivity contribution in [1.29, 1.82) is 0 Å². The summed E-state index contributed by atoms with van der Waals surface area (Å²) >= 11 is 0. The molecule has 1 atom stereocenters. The lowest BCUT2D eigenvalue weighted by Crippen LogP contribution is -2.36. The average Bonchev–Trinajstić information content (AvgIpc) is 3.32. The van der Waals surface area contributed by atoms with E-state index in [9.17, 15) is 14.7 Å². The molecule has 30 heavy (non-hydrogen) atoms. The van der Waals surface area contributed by atoms with E-state index in [1.807, 2.05) is 0 Å². The number of aromatic nitrogens is 3. The molecule has 2 aromatic rings. The molecule has 0 bridgehead atoms. The van der Waals surface area contributed by atoms with Gasteiger partial charge in [-0.2, -0.15) is 5.10 Å². The molecule has 4 heterocycles. The maximum absolute atomic E-state index is 12.9. The van der Waals surface area contributed by atoms with E-state index < -0.39 is 12.0 Å². The van der Waals surface area contributed by atoms with Crippen molar-refractivity contribution in [3.8, 4) is 0 Å². The standard InChI is InChI=1S/C21H28N6O3/c1-25-11-8-17(24-25)18(14-19(28)29)27-13-12-26(21(27)30)10-3-5-16-7-6-15-4-2-9-22-20(15)23-16/h6-8,11,18H,2-5,9-10,12-14H2,1H3,(H,22,23)(H,28,29). The van der Waals surface area contributed by atoms with Gasteiger partial charge in [0.15, 0.2) is 0 Å². The van der Waals surface area contributed by atoms with Crippen LogP contribution < -0.4 is 5.32 Å². The first-order chi connectivity index (χ1) is 14.5. The van der Waals surface area contributed by atoms with E-state index in [0.717, 1.165) is 43.7 Å². The number of urea groups is 1. The van der Waals surface area contributed by atoms with Crippen molar-refractivity contribution in [3.63, 3.8) is 0 Å². The Kier molecular flexibility index (Phi) is 5.87. The number of anilines is 1. The van der Waals surface area contributed by atoms with E-state index >= 15 is 0 Å². The van der Waals surface area contributed by atoms with Gasteiger partial charge in [0.1, 0.15) is 5.82 Å². The Hall–Kier alpha value is -3.10. The van der Waals surface area contributed by atoms with Crippen LogP contribution in [0.2, 0.25) is 0 Å². The van der Waals surface area contributed by atoms with E-state index in [1.54, 1.807) is 33.8 Å². The van der Waals surface area contributed by atoms with Gasteiger partial charge in [-0.3, -0.25) is 9.48 Å². The van der Waals surface area contributed by atoms with Crippen LogP contribution in [0.1, 0.15) is 42.3 Å². The minimum absolute atomic E-state index is 0.119. The molecule has 2 aromatic heterocycles. The van der Waals surface area contributed by atoms with Crippen molar-refractivity contribution >= 4 is 17.8 Å². The van der Waals surface area contributed by atoms with Gasteiger partial charge >= 0.3 is 12.0 Å². The summed E-state index contributed by atoms with van der Waals surface area (Å²) in [7, 11) is 1.78. The number of fused-ring (bicyclic) bond motifs is 1. The molecule has 1 unspecified atom stereocenters. The molecular weight excluding hydrogens is 384 g/mol. The Morgan fingerprint density at radius 2 is 2.17 bits per heavy atom. The molecule has 160 valence electrons. The van der Waals surface area contributed by atoms with Crippen molar-refractivity contribution in [1.82, 2.24) is 24.6 Å². The average molecular weight is 412 g/mol. The number of nitrogens with one attached hydrogen (secondary N) is 1. The summed E-state index contributed by atoms with van der Waals surface area (Å²) in [6, 6.07) is 5.34. The number of carboxylic acid groups (broad SMARTS) is 1. The molecule has 2 aliphatic heterocycles. The highest BCUT2D eigenvalue weighted by Gasteiger charge is 2.36. The lowest BCUT2D eigenvalue weighted by molar-refractivity contribution is -0.138. The van der Waals surface area contributed by atoms with Gasteiger partial charge in [-0.1, -0.05) is 6.07 Å². The minimum atomic E-state index is -0.941. The molecule has 2 N–H and O–H groups in total. The third kappa shape index (κ3) is 4.39. The largest absolute Gasteiger partial charge is 0.481 e. The van der Waals surface area contributed by atoms with E-state index in [2.05, 4.69) is 22.5 Å². The molecule has 1 saturated heterocycles. The summed E-state index contributed by atoms with van der Waals surface area (Å²) in [5.74, 6) is 0.0537. The second-order valence-corrected chi connectivity index (χ2v) is 7.94. The molecule has 0 aromatic carbocycles. The molecule has 2 aliphatic rings. The Labute approximate surface area is 175 Å². The molecule has 4 rings (SSSR count). The number of rotatable bonds is 8. The van der Waals surface area contributed by atoms with Gasteiger partial charge in [0.05, 0.1) is 18.2 Å². The van der Waals surface area contributed by atoms with Gasteiger partial charge in [0.2, 0.25) is 0 Å². The van der Waals surface area contributed by atoms with Crippen molar-refractivity contribution in [2.24, 2.45) is 7.05 Å². The van der Waals surface area contributed by atoms with Crippen LogP contribution in [0, 0.1) is 0 Å². The van der Waals surface area contributed by atoms with E-state index in [4.69, 9.17) is 4.98 Å². The summed E-state index contributed by atoms with van der Waals surface area (Å²) < 4.78 is 1.63. The number of carbonyl (C=O) groups is 2. The SMILES string of the molecule is Cn1ccc(C(CC(=O)O)N2CCN(CCCc3ccc4c(n3)NCCC4)C2=O)n1. The smallest absolute Gasteiger partial charge is 0.320 e. The summed E-state index contributed by atoms with van der Waals surface area (Å²) in [5, 5.41) is 17.0. The van der Waals surface area contributed by atoms with Gasteiger partial charge in [-0.15, -0.1) is 0 Å². The molecular formula is C21H28N6O3. The zero-order valence-electron chi connectivity index (χ0n) is 17.3. The molecule has 0 radical (unpaired) electrons. The van der Waals surface area contributed by atoms with Crippen LogP contribution in [-0.2, 0) is 24.7 Å². The summed E-state index contributed by atoms with van der Waals surface area (Å²) in [4.78, 5) is 32.5. The van der Waals surface area contributed by atoms with Crippen LogP contribution in [0.15, 0.2) is 24.4 Å². The third-order valence-corrected chi connectivity index (χ3v) is 5.76. The highest BCUT2D eigenvalue weighted by atomic mass is 16.4. The van der Waals surface area contributed by atoms with E-state index in [1.165, 1.54) is 5.56 Å². The number of nitrogens with zero attached hydrogens (tertiary/aromatic N) is 5. The number of aryl methyl sites for hydroxylation is 3. The Morgan fingerprint density at radius 1 is 1.30 bits per heavy atom. The predicted octanol–water partition coefficient (Wildman–Crippen LogP) is 2.06. The van der Waals surface area contributed by atoms with Gasteiger partial charge in [-0.25, -0.2) is 9.78 Å². The number of hydrogen-bond acceptors (Lipinski definition) is 5. The number of carboxylic acids is 1. The first-order valence-corrected chi connectivity index (χ1v) is 10.5. The molecule has 9 nitrogen and oxygen atoms in total. The maximum atomic E-state index is 12.9. The lowest BCUT2D eigenvalue weighted by Gasteiger charge is -2.25. The van der Waals surface area contributed by atoms with Gasteiger partial charge in [0, 0.05) is 45.1 Å². The molecule has 2 amide bonds. The van der Waals surface area contributed by atoms with Crippen LogP contribution in [0.5, 0.6) is 0 Å². The number of carbonyl (C=O) groups excluding carboxylic acids is 1. The normalized spacial score (nSPS) is 17.0. The highest BCUT2D eigenvalue weighted by molar-refractivity contribution is 5.78. The summed E-state index contributed by atoms with van der Waals surface area (Å²) in [5.41, 5.74) is 2.92. The quantitative estimate of drug-likeness (QED) is 0.688. The van der Waals surface area contributed by atoms with E-state index in [-0.39, 0.29) is 12.5 Å². The molecule has 1 fully saturated rings. The fraction of sp³-hybridized carbons (Fsp3) is 0.524. The zero-order chi connectivity index (χ0) is 21.1. The van der Waals surface area contributed by atoms with Crippen molar-refractivity contribution in [3.05, 3.63) is 41.3 Å². The number of amides is 2. The minimum Gasteiger partial charge on any atom is -0.481 e. The Bertz CT molecular complexity index is 927. The van der Waals surface area contributed by atoms with Gasteiger partial charge in [-0.05, 0) is 43.4 Å². The van der Waals surface area contributed by atoms with E-state index in [0.29, 0.717) is 25.3 Å². The van der Waals surface area contributed by atoms with Crippen molar-refractivity contribution < 1.29 is 14.7 Å². The van der Waals surface area contributed by atoms with Crippen LogP contribution in [0.4, 0.5) is 10.6 Å². The van der Waals surface area contributed by atoms with Crippen LogP contribution >= 0.6 is 0 Å². The Morgan fingerprint density at radius 3 is 2.93 bits per heavy atom. The number of hydrogen-bond donors (Lipinski definition) is 2. The maximum Gasteiger partial charge on any atom is 0.320 e. The van der Waals surface area contributed by atoms with Crippen molar-refractivity contribution in [2.45, 2.75) is 38.1 Å². The molecule has 0 aliphatic carbocycles. The fourth-order valence-corrected chi connectivity index (χ4v) is 4.21. The van der Waals surface area contributed by atoms with Gasteiger partial charge in [0.25, 0.3) is 0 Å². The zero-order valence-corrected chi connectivity index (χ0v) is 17.3. The van der Waals surface area contributed by atoms with Crippen molar-refractivity contribution in [2.75, 3.05) is 31.5 Å². The number of pyridine rings is 1. The first kappa shape index (κ1) is 20.2. The monoisotopic (exact) mass is 412 g/mol. The van der Waals surface area contributed by atoms with Crippen LogP contribution in [-0.4, -0.2) is 67.9 Å². The fourth-order valence-electron chi connectivity index (χ4n) is 4.21. The molecule has 0 spiro atoms. The van der Waals surface area contributed by atoms with Gasteiger partial charge < -0.3 is 20.2 Å².